The fourth-order valence-electron chi connectivity index (χ4n) is 1.58. The van der Waals surface area contributed by atoms with Crippen molar-refractivity contribution in [3.05, 3.63) is 29.8 Å². The highest BCUT2D eigenvalue weighted by Gasteiger charge is 2.31. The van der Waals surface area contributed by atoms with Crippen molar-refractivity contribution in [3.8, 4) is 0 Å². The van der Waals surface area contributed by atoms with Gasteiger partial charge in [0.1, 0.15) is 0 Å². The third kappa shape index (κ3) is 6.21. The zero-order valence-electron chi connectivity index (χ0n) is 11.6. The number of likely N-dealkylation sites (N-methyl/N-ethyl adjacent to an activating group) is 1. The Kier molecular flexibility index (Phi) is 7.66. The summed E-state index contributed by atoms with van der Waals surface area (Å²) in [7, 11) is -3.95. The van der Waals surface area contributed by atoms with Crippen molar-refractivity contribution in [3.63, 3.8) is 0 Å². The predicted octanol–water partition coefficient (Wildman–Crippen LogP) is 2.40. The third-order valence-corrected chi connectivity index (χ3v) is 4.03. The predicted molar refractivity (Wildman–Crippen MR) is 77.0 cm³/mol. The molecule has 0 spiro atoms. The number of benzene rings is 1. The molecule has 0 aliphatic rings. The molecule has 0 saturated carbocycles. The fraction of sp³-hybridized carbons (Fsp3) is 0.500. The normalized spacial score (nSPS) is 13.6. The molecule has 122 valence electrons. The summed E-state index contributed by atoms with van der Waals surface area (Å²) in [6.45, 7) is 4.43. The van der Waals surface area contributed by atoms with E-state index in [4.69, 9.17) is 0 Å². The van der Waals surface area contributed by atoms with Gasteiger partial charge in [0.2, 0.25) is 10.0 Å². The molecule has 0 unspecified atom stereocenters. The average molecular weight is 347 g/mol. The second kappa shape index (κ2) is 7.98. The molecule has 0 heterocycles. The molecule has 0 radical (unpaired) electrons. The van der Waals surface area contributed by atoms with Crippen LogP contribution in [0, 0.1) is 0 Å². The number of sulfonamides is 1. The summed E-state index contributed by atoms with van der Waals surface area (Å²) in [5.74, 6) is 0. The summed E-state index contributed by atoms with van der Waals surface area (Å²) in [5.41, 5.74) is -0.986. The molecule has 9 heteroatoms. The maximum absolute atomic E-state index is 12.5. The zero-order valence-corrected chi connectivity index (χ0v) is 13.2. The molecule has 0 aliphatic heterocycles. The monoisotopic (exact) mass is 346 g/mol. The second-order valence-electron chi connectivity index (χ2n) is 4.34. The maximum Gasteiger partial charge on any atom is 0.416 e. The second-order valence-corrected chi connectivity index (χ2v) is 6.10. The Balaban J connectivity index is 0.00000400. The molecule has 21 heavy (non-hydrogen) atoms. The number of rotatable bonds is 6. The van der Waals surface area contributed by atoms with Gasteiger partial charge >= 0.3 is 6.18 Å². The van der Waals surface area contributed by atoms with Gasteiger partial charge in [-0.25, -0.2) is 13.1 Å². The topological polar surface area (TPSA) is 58.2 Å². The lowest BCUT2D eigenvalue weighted by molar-refractivity contribution is -0.137. The quantitative estimate of drug-likeness (QED) is 0.831. The highest BCUT2D eigenvalue weighted by molar-refractivity contribution is 7.89. The van der Waals surface area contributed by atoms with Crippen LogP contribution in [0.4, 0.5) is 13.2 Å². The lowest BCUT2D eigenvalue weighted by Gasteiger charge is -2.14. The van der Waals surface area contributed by atoms with Crippen molar-refractivity contribution in [2.45, 2.75) is 31.0 Å². The lowest BCUT2D eigenvalue weighted by Crippen LogP contribution is -2.38. The van der Waals surface area contributed by atoms with Gasteiger partial charge in [0.05, 0.1) is 10.5 Å². The Morgan fingerprint density at radius 1 is 1.29 bits per heavy atom. The molecule has 1 aromatic carbocycles. The van der Waals surface area contributed by atoms with E-state index in [0.717, 1.165) is 18.2 Å². The minimum atomic E-state index is -4.57. The fourth-order valence-corrected chi connectivity index (χ4v) is 2.75. The first-order valence-corrected chi connectivity index (χ1v) is 7.55. The van der Waals surface area contributed by atoms with Crippen molar-refractivity contribution in [2.75, 3.05) is 13.1 Å². The molecule has 0 aliphatic carbocycles. The molecule has 0 amide bonds. The van der Waals surface area contributed by atoms with Gasteiger partial charge in [-0.05, 0) is 31.7 Å². The van der Waals surface area contributed by atoms with Gasteiger partial charge in [0.25, 0.3) is 0 Å². The van der Waals surface area contributed by atoms with E-state index in [1.165, 1.54) is 0 Å². The van der Waals surface area contributed by atoms with Crippen LogP contribution in [-0.2, 0) is 16.2 Å². The molecule has 1 atom stereocenters. The van der Waals surface area contributed by atoms with E-state index in [-0.39, 0.29) is 25.0 Å². The Morgan fingerprint density at radius 2 is 1.90 bits per heavy atom. The van der Waals surface area contributed by atoms with Gasteiger partial charge in [0, 0.05) is 12.6 Å². The maximum atomic E-state index is 12.5. The molecular weight excluding hydrogens is 329 g/mol. The van der Waals surface area contributed by atoms with Crippen molar-refractivity contribution >= 4 is 22.4 Å². The van der Waals surface area contributed by atoms with E-state index in [2.05, 4.69) is 10.0 Å². The summed E-state index contributed by atoms with van der Waals surface area (Å²) in [5, 5.41) is 3.00. The van der Waals surface area contributed by atoms with Crippen molar-refractivity contribution in [1.29, 1.82) is 0 Å². The zero-order chi connectivity index (χ0) is 15.4. The van der Waals surface area contributed by atoms with E-state index in [1.807, 2.05) is 6.92 Å². The minimum Gasteiger partial charge on any atom is -0.313 e. The van der Waals surface area contributed by atoms with Gasteiger partial charge < -0.3 is 5.32 Å². The van der Waals surface area contributed by atoms with Crippen LogP contribution in [-0.4, -0.2) is 27.5 Å². The van der Waals surface area contributed by atoms with Crippen molar-refractivity contribution in [1.82, 2.24) is 10.0 Å². The molecule has 4 nitrogen and oxygen atoms in total. The Labute approximate surface area is 128 Å². The Hall–Kier alpha value is -0.830. The van der Waals surface area contributed by atoms with Crippen LogP contribution in [0.15, 0.2) is 29.2 Å². The van der Waals surface area contributed by atoms with E-state index in [9.17, 15) is 21.6 Å². The highest BCUT2D eigenvalue weighted by atomic mass is 35.5. The molecule has 0 saturated heterocycles. The highest BCUT2D eigenvalue weighted by Crippen LogP contribution is 2.30. The number of nitrogens with one attached hydrogen (secondary N) is 2. The van der Waals surface area contributed by atoms with Gasteiger partial charge in [-0.15, -0.1) is 12.4 Å². The summed E-state index contributed by atoms with van der Waals surface area (Å²) in [6.07, 6.45) is -4.57. The largest absolute Gasteiger partial charge is 0.416 e. The first-order valence-electron chi connectivity index (χ1n) is 6.07. The molecule has 0 fully saturated rings. The minimum absolute atomic E-state index is 0. The number of hydrogen-bond donors (Lipinski definition) is 2. The standard InChI is InChI=1S/C12H17F3N2O2S.ClH/c1-3-16-9(2)8-17-20(18,19)11-6-4-5-10(7-11)12(13,14)15;/h4-7,9,16-17H,3,8H2,1-2H3;1H/t9-;/m1./s1. The molecule has 1 aromatic rings. The van der Waals surface area contributed by atoms with Gasteiger partial charge in [-0.3, -0.25) is 0 Å². The number of hydrogen-bond acceptors (Lipinski definition) is 3. The van der Waals surface area contributed by atoms with Crippen LogP contribution in [0.25, 0.3) is 0 Å². The van der Waals surface area contributed by atoms with Crippen LogP contribution in [0.5, 0.6) is 0 Å². The number of halogens is 4. The van der Waals surface area contributed by atoms with Crippen molar-refractivity contribution < 1.29 is 21.6 Å². The smallest absolute Gasteiger partial charge is 0.313 e. The van der Waals surface area contributed by atoms with E-state index in [1.54, 1.807) is 6.92 Å². The van der Waals surface area contributed by atoms with Gasteiger partial charge in [-0.1, -0.05) is 13.0 Å². The summed E-state index contributed by atoms with van der Waals surface area (Å²) in [4.78, 5) is -0.393. The van der Waals surface area contributed by atoms with Gasteiger partial charge in [-0.2, -0.15) is 13.2 Å². The molecular formula is C12H18ClF3N2O2S. The van der Waals surface area contributed by atoms with E-state index >= 15 is 0 Å². The molecule has 0 bridgehead atoms. The van der Waals surface area contributed by atoms with Crippen molar-refractivity contribution in [2.24, 2.45) is 0 Å². The van der Waals surface area contributed by atoms with Gasteiger partial charge in [0.15, 0.2) is 0 Å². The first-order chi connectivity index (χ1) is 9.16. The third-order valence-electron chi connectivity index (χ3n) is 2.60. The molecule has 0 aromatic heterocycles. The SMILES string of the molecule is CCN[C@H](C)CNS(=O)(=O)c1cccc(C(F)(F)F)c1.Cl. The van der Waals surface area contributed by atoms with Crippen LogP contribution in [0.1, 0.15) is 19.4 Å². The molecule has 2 N–H and O–H groups in total. The Morgan fingerprint density at radius 3 is 2.43 bits per heavy atom. The average Bonchev–Trinajstić information content (AvgIpc) is 2.36. The van der Waals surface area contributed by atoms with E-state index < -0.39 is 26.7 Å². The van der Waals surface area contributed by atoms with Crippen LogP contribution in [0.2, 0.25) is 0 Å². The van der Waals surface area contributed by atoms with Crippen LogP contribution >= 0.6 is 12.4 Å². The Bertz CT molecular complexity index is 550. The van der Waals surface area contributed by atoms with Crippen LogP contribution in [0.3, 0.4) is 0 Å². The van der Waals surface area contributed by atoms with Crippen LogP contribution < -0.4 is 10.0 Å². The summed E-state index contributed by atoms with van der Waals surface area (Å²) < 4.78 is 63.7. The lowest BCUT2D eigenvalue weighted by atomic mass is 10.2. The first kappa shape index (κ1) is 20.2. The summed E-state index contributed by atoms with van der Waals surface area (Å²) in [6, 6.07) is 3.56. The van der Waals surface area contributed by atoms with E-state index in [0.29, 0.717) is 12.6 Å². The number of alkyl halides is 3. The summed E-state index contributed by atoms with van der Waals surface area (Å²) >= 11 is 0. The molecule has 1 rings (SSSR count).